The van der Waals surface area contributed by atoms with Gasteiger partial charge in [-0.3, -0.25) is 4.68 Å². The van der Waals surface area contributed by atoms with Crippen LogP contribution in [-0.2, 0) is 0 Å². The molecule has 104 valence electrons. The average Bonchev–Trinajstić information content (AvgIpc) is 2.87. The molecule has 0 aromatic carbocycles. The minimum Gasteiger partial charge on any atom is -0.465 e. The zero-order valence-corrected chi connectivity index (χ0v) is 11.2. The Hall–Kier alpha value is -1.82. The molecule has 0 unspecified atom stereocenters. The van der Waals surface area contributed by atoms with Crippen LogP contribution in [0.5, 0.6) is 0 Å². The molecule has 0 saturated carbocycles. The van der Waals surface area contributed by atoms with Crippen LogP contribution in [0.2, 0.25) is 0 Å². The van der Waals surface area contributed by atoms with E-state index in [1.54, 1.807) is 6.20 Å². The molecule has 1 amide bonds. The van der Waals surface area contributed by atoms with E-state index in [1.807, 2.05) is 24.6 Å². The van der Waals surface area contributed by atoms with Gasteiger partial charge in [0.1, 0.15) is 0 Å². The summed E-state index contributed by atoms with van der Waals surface area (Å²) in [5.74, 6) is 0. The third-order valence-electron chi connectivity index (χ3n) is 3.39. The standard InChI is InChI=1S/C13H19N3O3/c1-9(2)16-12(3-5-14-16)11-7-15(13(18)19)6-4-10(11)8-17/h3,5,9,17H,4,6-8H2,1-2H3,(H,18,19). The van der Waals surface area contributed by atoms with E-state index in [4.69, 9.17) is 5.11 Å². The molecule has 0 saturated heterocycles. The normalized spacial score (nSPS) is 16.3. The second kappa shape index (κ2) is 5.44. The van der Waals surface area contributed by atoms with E-state index in [0.29, 0.717) is 19.5 Å². The van der Waals surface area contributed by atoms with Gasteiger partial charge in [0.05, 0.1) is 18.8 Å². The SMILES string of the molecule is CC(C)n1nccc1C1=C(CO)CCN(C(=O)O)C1. The lowest BCUT2D eigenvalue weighted by Crippen LogP contribution is -2.36. The molecule has 0 aliphatic carbocycles. The highest BCUT2D eigenvalue weighted by Gasteiger charge is 2.25. The Bertz CT molecular complexity index is 505. The van der Waals surface area contributed by atoms with Crippen LogP contribution in [0.4, 0.5) is 4.79 Å². The first-order valence-corrected chi connectivity index (χ1v) is 6.38. The first-order chi connectivity index (χ1) is 9.04. The van der Waals surface area contributed by atoms with Crippen molar-refractivity contribution in [3.8, 4) is 0 Å². The van der Waals surface area contributed by atoms with Crippen molar-refractivity contribution in [1.29, 1.82) is 0 Å². The van der Waals surface area contributed by atoms with Gasteiger partial charge in [0.25, 0.3) is 0 Å². The zero-order valence-electron chi connectivity index (χ0n) is 11.2. The van der Waals surface area contributed by atoms with Gasteiger partial charge < -0.3 is 15.1 Å². The first kappa shape index (κ1) is 13.6. The number of amides is 1. The Balaban J connectivity index is 2.40. The number of carbonyl (C=O) groups is 1. The summed E-state index contributed by atoms with van der Waals surface area (Å²) >= 11 is 0. The summed E-state index contributed by atoms with van der Waals surface area (Å²) in [6.07, 6.45) is 1.35. The molecule has 1 aromatic rings. The lowest BCUT2D eigenvalue weighted by atomic mass is 9.98. The number of nitrogens with zero attached hydrogens (tertiary/aromatic N) is 3. The van der Waals surface area contributed by atoms with E-state index in [1.165, 1.54) is 4.90 Å². The van der Waals surface area contributed by atoms with Gasteiger partial charge in [-0.1, -0.05) is 0 Å². The molecule has 19 heavy (non-hydrogen) atoms. The Kier molecular flexibility index (Phi) is 3.90. The predicted octanol–water partition coefficient (Wildman–Crippen LogP) is 1.59. The highest BCUT2D eigenvalue weighted by molar-refractivity contribution is 5.75. The van der Waals surface area contributed by atoms with Crippen molar-refractivity contribution in [2.45, 2.75) is 26.3 Å². The highest BCUT2D eigenvalue weighted by Crippen LogP contribution is 2.27. The Morgan fingerprint density at radius 1 is 1.53 bits per heavy atom. The monoisotopic (exact) mass is 265 g/mol. The van der Waals surface area contributed by atoms with Crippen molar-refractivity contribution in [3.05, 3.63) is 23.5 Å². The minimum atomic E-state index is -0.926. The molecule has 0 spiro atoms. The maximum absolute atomic E-state index is 11.1. The summed E-state index contributed by atoms with van der Waals surface area (Å²) < 4.78 is 1.86. The lowest BCUT2D eigenvalue weighted by Gasteiger charge is -2.29. The molecular weight excluding hydrogens is 246 g/mol. The molecule has 1 aliphatic rings. The van der Waals surface area contributed by atoms with E-state index in [-0.39, 0.29) is 12.6 Å². The largest absolute Gasteiger partial charge is 0.465 e. The third-order valence-corrected chi connectivity index (χ3v) is 3.39. The smallest absolute Gasteiger partial charge is 0.407 e. The summed E-state index contributed by atoms with van der Waals surface area (Å²) in [6.45, 7) is 4.75. The van der Waals surface area contributed by atoms with Gasteiger partial charge in [-0.25, -0.2) is 4.79 Å². The molecule has 0 bridgehead atoms. The van der Waals surface area contributed by atoms with Crippen LogP contribution in [0.15, 0.2) is 17.8 Å². The van der Waals surface area contributed by atoms with Crippen molar-refractivity contribution in [1.82, 2.24) is 14.7 Å². The summed E-state index contributed by atoms with van der Waals surface area (Å²) in [5, 5.41) is 22.8. The maximum Gasteiger partial charge on any atom is 0.407 e. The minimum absolute atomic E-state index is 0.0356. The molecule has 1 aliphatic heterocycles. The van der Waals surface area contributed by atoms with Crippen LogP contribution in [0.25, 0.3) is 5.57 Å². The van der Waals surface area contributed by atoms with Gasteiger partial charge in [-0.2, -0.15) is 5.10 Å². The van der Waals surface area contributed by atoms with Crippen molar-refractivity contribution in [3.63, 3.8) is 0 Å². The van der Waals surface area contributed by atoms with Gasteiger partial charge in [-0.05, 0) is 37.5 Å². The topological polar surface area (TPSA) is 78.6 Å². The summed E-state index contributed by atoms with van der Waals surface area (Å²) in [5.41, 5.74) is 2.67. The van der Waals surface area contributed by atoms with Crippen LogP contribution in [0.3, 0.4) is 0 Å². The number of aromatic nitrogens is 2. The predicted molar refractivity (Wildman–Crippen MR) is 70.8 cm³/mol. The molecule has 6 heteroatoms. The van der Waals surface area contributed by atoms with E-state index in [9.17, 15) is 9.90 Å². The van der Waals surface area contributed by atoms with Gasteiger partial charge in [0.2, 0.25) is 0 Å². The third kappa shape index (κ3) is 2.63. The number of hydrogen-bond donors (Lipinski definition) is 2. The van der Waals surface area contributed by atoms with Gasteiger partial charge in [0, 0.05) is 18.8 Å². The fraction of sp³-hybridized carbons (Fsp3) is 0.538. The van der Waals surface area contributed by atoms with Crippen LogP contribution in [-0.4, -0.2) is 50.7 Å². The first-order valence-electron chi connectivity index (χ1n) is 6.38. The summed E-state index contributed by atoms with van der Waals surface area (Å²) in [6, 6.07) is 2.06. The van der Waals surface area contributed by atoms with Crippen molar-refractivity contribution in [2.75, 3.05) is 19.7 Å². The second-order valence-electron chi connectivity index (χ2n) is 4.95. The van der Waals surface area contributed by atoms with E-state index in [2.05, 4.69) is 5.10 Å². The van der Waals surface area contributed by atoms with E-state index >= 15 is 0 Å². The zero-order chi connectivity index (χ0) is 14.0. The molecule has 0 atom stereocenters. The Morgan fingerprint density at radius 3 is 2.84 bits per heavy atom. The van der Waals surface area contributed by atoms with E-state index in [0.717, 1.165) is 16.8 Å². The Morgan fingerprint density at radius 2 is 2.26 bits per heavy atom. The fourth-order valence-corrected chi connectivity index (χ4v) is 2.37. The number of aliphatic hydroxyl groups excluding tert-OH is 1. The van der Waals surface area contributed by atoms with Crippen LogP contribution in [0.1, 0.15) is 32.0 Å². The summed E-state index contributed by atoms with van der Waals surface area (Å²) in [4.78, 5) is 12.5. The molecular formula is C13H19N3O3. The second-order valence-corrected chi connectivity index (χ2v) is 4.95. The average molecular weight is 265 g/mol. The van der Waals surface area contributed by atoms with Crippen LogP contribution < -0.4 is 0 Å². The van der Waals surface area contributed by atoms with Crippen molar-refractivity contribution >= 4 is 11.7 Å². The van der Waals surface area contributed by atoms with Crippen molar-refractivity contribution in [2.24, 2.45) is 0 Å². The quantitative estimate of drug-likeness (QED) is 0.870. The molecule has 2 N–H and O–H groups in total. The van der Waals surface area contributed by atoms with E-state index < -0.39 is 6.09 Å². The van der Waals surface area contributed by atoms with Crippen molar-refractivity contribution < 1.29 is 15.0 Å². The fourth-order valence-electron chi connectivity index (χ4n) is 2.37. The Labute approximate surface area is 112 Å². The summed E-state index contributed by atoms with van der Waals surface area (Å²) in [7, 11) is 0. The molecule has 6 nitrogen and oxygen atoms in total. The molecule has 1 aromatic heterocycles. The number of carboxylic acid groups (broad SMARTS) is 1. The van der Waals surface area contributed by atoms with Gasteiger partial charge >= 0.3 is 6.09 Å². The number of rotatable bonds is 3. The molecule has 0 radical (unpaired) electrons. The van der Waals surface area contributed by atoms with Gasteiger partial charge in [0.15, 0.2) is 0 Å². The number of hydrogen-bond acceptors (Lipinski definition) is 3. The molecule has 0 fully saturated rings. The lowest BCUT2D eigenvalue weighted by molar-refractivity contribution is 0.149. The van der Waals surface area contributed by atoms with Gasteiger partial charge in [-0.15, -0.1) is 0 Å². The highest BCUT2D eigenvalue weighted by atomic mass is 16.4. The van der Waals surface area contributed by atoms with Crippen LogP contribution in [0, 0.1) is 0 Å². The molecule has 2 heterocycles. The maximum atomic E-state index is 11.1. The molecule has 2 rings (SSSR count). The number of aliphatic hydroxyl groups is 1. The van der Waals surface area contributed by atoms with Crippen LogP contribution >= 0.6 is 0 Å².